The van der Waals surface area contributed by atoms with Gasteiger partial charge in [-0.1, -0.05) is 24.3 Å². The summed E-state index contributed by atoms with van der Waals surface area (Å²) in [7, 11) is -4.72. The molecule has 1 fully saturated rings. The Kier molecular flexibility index (Phi) is 7.63. The molecule has 3 aromatic rings. The van der Waals surface area contributed by atoms with Gasteiger partial charge in [-0.15, -0.1) is 10.2 Å². The van der Waals surface area contributed by atoms with Crippen LogP contribution < -0.4 is 40.0 Å². The van der Waals surface area contributed by atoms with Crippen LogP contribution in [0.5, 0.6) is 5.88 Å². The number of hydrogen-bond donors (Lipinski definition) is 1. The third-order valence-electron chi connectivity index (χ3n) is 4.73. The molecule has 1 aromatic heterocycles. The van der Waals surface area contributed by atoms with Gasteiger partial charge in [0.2, 0.25) is 5.88 Å². The molecule has 2 N–H and O–H groups in total. The second-order valence-electron chi connectivity index (χ2n) is 6.81. The summed E-state index contributed by atoms with van der Waals surface area (Å²) >= 11 is 0. The van der Waals surface area contributed by atoms with Crippen molar-refractivity contribution in [1.82, 2.24) is 4.98 Å². The van der Waals surface area contributed by atoms with E-state index in [-0.39, 0.29) is 52.4 Å². The molecule has 0 bridgehead atoms. The average Bonchev–Trinajstić information content (AvgIpc) is 3.25. The van der Waals surface area contributed by atoms with E-state index in [0.29, 0.717) is 23.6 Å². The molecule has 1 aliphatic rings. The van der Waals surface area contributed by atoms with E-state index in [4.69, 9.17) is 15.2 Å². The number of nitrogen functional groups attached to an aromatic ring is 1. The van der Waals surface area contributed by atoms with Gasteiger partial charge in [0.1, 0.15) is 28.1 Å². The molecule has 2 aromatic carbocycles. The van der Waals surface area contributed by atoms with E-state index in [1.807, 2.05) is 0 Å². The number of nitrogens with zero attached hydrogens (tertiary/aromatic N) is 3. The number of anilines is 1. The molecule has 2 heterocycles. The average molecular weight is 450 g/mol. The Labute approximate surface area is 201 Å². The maximum atomic E-state index is 11.7. The molecule has 0 aliphatic carbocycles. The Bertz CT molecular complexity index is 1200. The van der Waals surface area contributed by atoms with Crippen molar-refractivity contribution in [2.45, 2.75) is 23.8 Å². The van der Waals surface area contributed by atoms with Crippen molar-refractivity contribution in [3.63, 3.8) is 0 Å². The van der Waals surface area contributed by atoms with Crippen LogP contribution in [0.2, 0.25) is 0 Å². The van der Waals surface area contributed by atoms with Gasteiger partial charge in [0.25, 0.3) is 0 Å². The third-order valence-corrected chi connectivity index (χ3v) is 5.61. The second-order valence-corrected chi connectivity index (χ2v) is 8.16. The van der Waals surface area contributed by atoms with Crippen LogP contribution in [-0.2, 0) is 14.9 Å². The largest absolute Gasteiger partial charge is 1.00 e. The number of nitrogens with two attached hydrogens (primary N) is 1. The van der Waals surface area contributed by atoms with E-state index < -0.39 is 15.0 Å². The third kappa shape index (κ3) is 5.59. The Morgan fingerprint density at radius 1 is 1.19 bits per heavy atom. The Morgan fingerprint density at radius 2 is 1.97 bits per heavy atom. The molecular weight excluding hydrogens is 431 g/mol. The van der Waals surface area contributed by atoms with Crippen LogP contribution in [0.4, 0.5) is 17.1 Å². The molecule has 4 rings (SSSR count). The van der Waals surface area contributed by atoms with Crippen molar-refractivity contribution in [1.29, 1.82) is 0 Å². The normalized spacial score (nSPS) is 16.5. The van der Waals surface area contributed by atoms with Gasteiger partial charge < -0.3 is 19.8 Å². The number of hydrogen-bond acceptors (Lipinski definition) is 9. The van der Waals surface area contributed by atoms with Crippen LogP contribution >= 0.6 is 0 Å². The zero-order valence-electron chi connectivity index (χ0n) is 16.9. The predicted octanol–water partition coefficient (Wildman–Crippen LogP) is 0.698. The number of benzene rings is 2. The first-order valence-corrected chi connectivity index (χ1v) is 10.7. The molecule has 9 nitrogen and oxygen atoms in total. The number of pyridine rings is 1. The van der Waals surface area contributed by atoms with E-state index in [0.717, 1.165) is 25.5 Å². The monoisotopic (exact) mass is 450 g/mol. The smallest absolute Gasteiger partial charge is 0.744 e. The number of ether oxygens (including phenoxy) is 2. The summed E-state index contributed by atoms with van der Waals surface area (Å²) in [6.45, 7) is 1.20. The second kappa shape index (κ2) is 10.0. The van der Waals surface area contributed by atoms with E-state index >= 15 is 0 Å². The predicted molar refractivity (Wildman–Crippen MR) is 109 cm³/mol. The van der Waals surface area contributed by atoms with Gasteiger partial charge in [-0.05, 0) is 25.0 Å². The minimum atomic E-state index is -4.72. The maximum Gasteiger partial charge on any atom is 1.00 e. The van der Waals surface area contributed by atoms with Crippen LogP contribution in [0.3, 0.4) is 0 Å². The van der Waals surface area contributed by atoms with Gasteiger partial charge in [0.05, 0.1) is 22.9 Å². The SMILES string of the molecule is Nc1c(N=Nc2ccc(OCC3CCCO3)nc2)cc(S(=O)(=O)[O-])c2ccccc12.[Na+]. The molecular formula is C20H19N4NaO5S. The van der Waals surface area contributed by atoms with Gasteiger partial charge in [-0.25, -0.2) is 13.4 Å². The first-order valence-electron chi connectivity index (χ1n) is 9.31. The summed E-state index contributed by atoms with van der Waals surface area (Å²) in [5.74, 6) is 0.439. The molecule has 0 saturated carbocycles. The van der Waals surface area contributed by atoms with E-state index in [1.165, 1.54) is 12.3 Å². The van der Waals surface area contributed by atoms with Crippen molar-refractivity contribution in [3.05, 3.63) is 48.7 Å². The number of rotatable bonds is 6. The van der Waals surface area contributed by atoms with Crippen molar-refractivity contribution < 1.29 is 52.0 Å². The fourth-order valence-corrected chi connectivity index (χ4v) is 3.93. The quantitative estimate of drug-likeness (QED) is 0.252. The molecule has 1 atom stereocenters. The molecule has 0 amide bonds. The van der Waals surface area contributed by atoms with Crippen LogP contribution in [0, 0.1) is 0 Å². The summed E-state index contributed by atoms with van der Waals surface area (Å²) in [6, 6.07) is 10.9. The number of fused-ring (bicyclic) bond motifs is 1. The summed E-state index contributed by atoms with van der Waals surface area (Å²) in [6.07, 6.45) is 3.57. The summed E-state index contributed by atoms with van der Waals surface area (Å²) < 4.78 is 46.1. The molecule has 0 spiro atoms. The van der Waals surface area contributed by atoms with Crippen LogP contribution in [0.25, 0.3) is 10.8 Å². The molecule has 1 aliphatic heterocycles. The van der Waals surface area contributed by atoms with Crippen molar-refractivity contribution in [2.75, 3.05) is 18.9 Å². The van der Waals surface area contributed by atoms with Crippen molar-refractivity contribution in [2.24, 2.45) is 10.2 Å². The van der Waals surface area contributed by atoms with E-state index in [2.05, 4.69) is 15.2 Å². The first-order chi connectivity index (χ1) is 14.4. The Balaban J connectivity index is 0.00000272. The van der Waals surface area contributed by atoms with Gasteiger partial charge in [0, 0.05) is 23.4 Å². The molecule has 1 saturated heterocycles. The summed E-state index contributed by atoms with van der Waals surface area (Å²) in [4.78, 5) is 3.78. The Hall–Kier alpha value is -2.08. The van der Waals surface area contributed by atoms with Crippen LogP contribution in [-0.4, -0.2) is 37.3 Å². The minimum Gasteiger partial charge on any atom is -0.744 e. The summed E-state index contributed by atoms with van der Waals surface area (Å²) in [5, 5.41) is 8.75. The van der Waals surface area contributed by atoms with Crippen molar-refractivity contribution >= 4 is 38.0 Å². The fraction of sp³-hybridized carbons (Fsp3) is 0.250. The number of azo groups is 1. The van der Waals surface area contributed by atoms with Gasteiger partial charge >= 0.3 is 29.6 Å². The van der Waals surface area contributed by atoms with Crippen molar-refractivity contribution in [3.8, 4) is 5.88 Å². The zero-order chi connectivity index (χ0) is 21.1. The number of aromatic nitrogens is 1. The Morgan fingerprint density at radius 3 is 2.61 bits per heavy atom. The molecule has 11 heteroatoms. The molecule has 1 unspecified atom stereocenters. The van der Waals surface area contributed by atoms with Crippen LogP contribution in [0.1, 0.15) is 12.8 Å². The van der Waals surface area contributed by atoms with Gasteiger partial charge in [-0.2, -0.15) is 0 Å². The van der Waals surface area contributed by atoms with Gasteiger partial charge in [0.15, 0.2) is 0 Å². The summed E-state index contributed by atoms with van der Waals surface area (Å²) in [5.41, 5.74) is 6.85. The zero-order valence-corrected chi connectivity index (χ0v) is 19.7. The topological polar surface area (TPSA) is 139 Å². The maximum absolute atomic E-state index is 11.7. The van der Waals surface area contributed by atoms with Crippen LogP contribution in [0.15, 0.2) is 63.8 Å². The molecule has 0 radical (unpaired) electrons. The first kappa shape index (κ1) is 23.6. The van der Waals surface area contributed by atoms with Gasteiger partial charge in [-0.3, -0.25) is 0 Å². The van der Waals surface area contributed by atoms with E-state index in [1.54, 1.807) is 30.3 Å². The van der Waals surface area contributed by atoms with E-state index in [9.17, 15) is 13.0 Å². The minimum absolute atomic E-state index is 0. The fourth-order valence-electron chi connectivity index (χ4n) is 3.22. The standard InChI is InChI=1S/C20H20N4O5S.Na/c21-20-16-6-2-1-5-15(16)18(30(25,26)27)10-17(20)24-23-13-7-8-19(22-11-13)29-12-14-4-3-9-28-14;/h1-2,5-8,10-11,14H,3-4,9,12,21H2,(H,25,26,27);/q;+1/p-1. The molecule has 156 valence electrons. The molecule has 31 heavy (non-hydrogen) atoms.